The van der Waals surface area contributed by atoms with Crippen molar-refractivity contribution in [2.75, 3.05) is 13.2 Å². The molecule has 1 aromatic rings. The van der Waals surface area contributed by atoms with Crippen molar-refractivity contribution in [3.8, 4) is 11.8 Å². The molecular weight excluding hydrogens is 262 g/mol. The summed E-state index contributed by atoms with van der Waals surface area (Å²) in [6.07, 6.45) is 3.08. The highest BCUT2D eigenvalue weighted by atomic mass is 16.2. The first-order chi connectivity index (χ1) is 10.1. The minimum Gasteiger partial charge on any atom is -0.395 e. The molecule has 0 spiro atoms. The van der Waals surface area contributed by atoms with Crippen molar-refractivity contribution >= 4 is 5.91 Å². The van der Waals surface area contributed by atoms with Crippen molar-refractivity contribution in [1.82, 2.24) is 5.32 Å². The summed E-state index contributed by atoms with van der Waals surface area (Å²) in [5, 5.41) is 11.7. The lowest BCUT2D eigenvalue weighted by Crippen LogP contribution is -2.29. The van der Waals surface area contributed by atoms with Gasteiger partial charge in [-0.25, -0.2) is 0 Å². The number of aliphatic hydroxyl groups excluding tert-OH is 1. The Bertz CT molecular complexity index is 564. The maximum absolute atomic E-state index is 12.1. The first-order valence-electron chi connectivity index (χ1n) is 7.60. The van der Waals surface area contributed by atoms with Crippen LogP contribution in [0.4, 0.5) is 0 Å². The molecule has 1 amide bonds. The maximum atomic E-state index is 12.1. The van der Waals surface area contributed by atoms with E-state index in [-0.39, 0.29) is 12.5 Å². The standard InChI is InChI=1S/C18H23NO2/c1-13-11-17(9-8-15(13)5-3-4-10-20)18(21)19-12-14(2)16-6-7-16/h8-9,11,14,16,20H,4,6-7,10,12H2,1-2H3,(H,19,21). The smallest absolute Gasteiger partial charge is 0.251 e. The Hall–Kier alpha value is -1.79. The van der Waals surface area contributed by atoms with Crippen LogP contribution in [0.25, 0.3) is 0 Å². The van der Waals surface area contributed by atoms with Crippen molar-refractivity contribution in [1.29, 1.82) is 0 Å². The molecule has 1 aromatic carbocycles. The van der Waals surface area contributed by atoms with E-state index in [0.29, 0.717) is 17.9 Å². The zero-order valence-corrected chi connectivity index (χ0v) is 12.8. The molecule has 0 aromatic heterocycles. The molecule has 0 saturated heterocycles. The van der Waals surface area contributed by atoms with E-state index in [1.807, 2.05) is 25.1 Å². The average Bonchev–Trinajstić information content (AvgIpc) is 3.31. The Labute approximate surface area is 126 Å². The van der Waals surface area contributed by atoms with Gasteiger partial charge in [-0.2, -0.15) is 0 Å². The van der Waals surface area contributed by atoms with Gasteiger partial charge in [0.15, 0.2) is 0 Å². The monoisotopic (exact) mass is 285 g/mol. The molecule has 21 heavy (non-hydrogen) atoms. The van der Waals surface area contributed by atoms with Gasteiger partial charge in [0.1, 0.15) is 0 Å². The predicted octanol–water partition coefficient (Wildman–Crippen LogP) is 2.50. The Balaban J connectivity index is 1.95. The Kier molecular flexibility index (Phi) is 5.41. The SMILES string of the molecule is Cc1cc(C(=O)NCC(C)C2CC2)ccc1C#CCCO. The molecular formula is C18H23NO2. The fourth-order valence-corrected chi connectivity index (χ4v) is 2.35. The highest BCUT2D eigenvalue weighted by Gasteiger charge is 2.27. The summed E-state index contributed by atoms with van der Waals surface area (Å²) in [5.41, 5.74) is 2.58. The minimum absolute atomic E-state index is 0.0135. The van der Waals surface area contributed by atoms with Crippen LogP contribution in [0.5, 0.6) is 0 Å². The first kappa shape index (κ1) is 15.6. The second kappa shape index (κ2) is 7.28. The molecule has 1 unspecified atom stereocenters. The van der Waals surface area contributed by atoms with E-state index in [0.717, 1.165) is 23.6 Å². The van der Waals surface area contributed by atoms with Crippen LogP contribution in [0, 0.1) is 30.6 Å². The highest BCUT2D eigenvalue weighted by Crippen LogP contribution is 2.36. The molecule has 3 nitrogen and oxygen atoms in total. The Morgan fingerprint density at radius 3 is 2.86 bits per heavy atom. The van der Waals surface area contributed by atoms with Crippen LogP contribution in [-0.2, 0) is 0 Å². The highest BCUT2D eigenvalue weighted by molar-refractivity contribution is 5.94. The number of hydrogen-bond acceptors (Lipinski definition) is 2. The molecule has 1 fully saturated rings. The molecule has 2 rings (SSSR count). The number of benzene rings is 1. The van der Waals surface area contributed by atoms with E-state index in [4.69, 9.17) is 5.11 Å². The number of amides is 1. The van der Waals surface area contributed by atoms with E-state index >= 15 is 0 Å². The molecule has 3 heteroatoms. The number of aryl methyl sites for hydroxylation is 1. The van der Waals surface area contributed by atoms with Gasteiger partial charge in [0.25, 0.3) is 5.91 Å². The molecule has 0 radical (unpaired) electrons. The summed E-state index contributed by atoms with van der Waals surface area (Å²) in [6, 6.07) is 5.56. The van der Waals surface area contributed by atoms with Crippen LogP contribution in [-0.4, -0.2) is 24.2 Å². The van der Waals surface area contributed by atoms with E-state index in [9.17, 15) is 4.79 Å². The molecule has 0 aliphatic heterocycles. The third-order valence-electron chi connectivity index (χ3n) is 3.96. The fraction of sp³-hybridized carbons (Fsp3) is 0.500. The Morgan fingerprint density at radius 1 is 1.48 bits per heavy atom. The van der Waals surface area contributed by atoms with Gasteiger partial charge in [0.05, 0.1) is 6.61 Å². The molecule has 0 bridgehead atoms. The molecule has 1 atom stereocenters. The third kappa shape index (κ3) is 4.61. The van der Waals surface area contributed by atoms with Gasteiger partial charge >= 0.3 is 0 Å². The number of carbonyl (C=O) groups excluding carboxylic acids is 1. The summed E-state index contributed by atoms with van der Waals surface area (Å²) in [7, 11) is 0. The predicted molar refractivity (Wildman–Crippen MR) is 84.0 cm³/mol. The van der Waals surface area contributed by atoms with Crippen molar-refractivity contribution in [3.05, 3.63) is 34.9 Å². The van der Waals surface area contributed by atoms with E-state index < -0.39 is 0 Å². The molecule has 0 heterocycles. The number of hydrogen-bond donors (Lipinski definition) is 2. The van der Waals surface area contributed by atoms with Crippen LogP contribution in [0.15, 0.2) is 18.2 Å². The lowest BCUT2D eigenvalue weighted by molar-refractivity contribution is 0.0946. The molecule has 1 aliphatic carbocycles. The second-order valence-corrected chi connectivity index (χ2v) is 5.83. The molecule has 112 valence electrons. The van der Waals surface area contributed by atoms with Crippen LogP contribution in [0.2, 0.25) is 0 Å². The third-order valence-corrected chi connectivity index (χ3v) is 3.96. The maximum Gasteiger partial charge on any atom is 0.251 e. The summed E-state index contributed by atoms with van der Waals surface area (Å²) >= 11 is 0. The molecule has 1 saturated carbocycles. The van der Waals surface area contributed by atoms with Crippen LogP contribution in [0.1, 0.15) is 47.7 Å². The first-order valence-corrected chi connectivity index (χ1v) is 7.60. The summed E-state index contributed by atoms with van der Waals surface area (Å²) < 4.78 is 0. The van der Waals surface area contributed by atoms with Crippen LogP contribution >= 0.6 is 0 Å². The van der Waals surface area contributed by atoms with Gasteiger partial charge in [-0.3, -0.25) is 4.79 Å². The lowest BCUT2D eigenvalue weighted by atomic mass is 10.0. The summed E-state index contributed by atoms with van der Waals surface area (Å²) in [4.78, 5) is 12.1. The quantitative estimate of drug-likeness (QED) is 0.817. The fourth-order valence-electron chi connectivity index (χ4n) is 2.35. The van der Waals surface area contributed by atoms with Gasteiger partial charge in [-0.1, -0.05) is 18.8 Å². The summed E-state index contributed by atoms with van der Waals surface area (Å²) in [6.45, 7) is 4.97. The van der Waals surface area contributed by atoms with Crippen LogP contribution < -0.4 is 5.32 Å². The van der Waals surface area contributed by atoms with E-state index in [1.54, 1.807) is 0 Å². The zero-order valence-electron chi connectivity index (χ0n) is 12.8. The summed E-state index contributed by atoms with van der Waals surface area (Å²) in [5.74, 6) is 7.27. The minimum atomic E-state index is -0.0135. The Morgan fingerprint density at radius 2 is 2.24 bits per heavy atom. The topological polar surface area (TPSA) is 49.3 Å². The van der Waals surface area contributed by atoms with Gasteiger partial charge in [-0.15, -0.1) is 0 Å². The average molecular weight is 285 g/mol. The number of rotatable bonds is 5. The van der Waals surface area contributed by atoms with Crippen molar-refractivity contribution in [2.45, 2.75) is 33.1 Å². The molecule has 2 N–H and O–H groups in total. The largest absolute Gasteiger partial charge is 0.395 e. The number of carbonyl (C=O) groups is 1. The van der Waals surface area contributed by atoms with Gasteiger partial charge in [0.2, 0.25) is 0 Å². The number of nitrogens with one attached hydrogen (secondary N) is 1. The lowest BCUT2D eigenvalue weighted by Gasteiger charge is -2.12. The van der Waals surface area contributed by atoms with Gasteiger partial charge < -0.3 is 10.4 Å². The molecule has 1 aliphatic rings. The van der Waals surface area contributed by atoms with E-state index in [2.05, 4.69) is 24.1 Å². The van der Waals surface area contributed by atoms with Crippen LogP contribution in [0.3, 0.4) is 0 Å². The van der Waals surface area contributed by atoms with Gasteiger partial charge in [-0.05, 0) is 55.4 Å². The normalized spacial score (nSPS) is 15.0. The van der Waals surface area contributed by atoms with Gasteiger partial charge in [0, 0.05) is 24.1 Å². The number of aliphatic hydroxyl groups is 1. The van der Waals surface area contributed by atoms with Crippen molar-refractivity contribution < 1.29 is 9.90 Å². The van der Waals surface area contributed by atoms with Crippen molar-refractivity contribution in [3.63, 3.8) is 0 Å². The second-order valence-electron chi connectivity index (χ2n) is 5.83. The van der Waals surface area contributed by atoms with E-state index in [1.165, 1.54) is 12.8 Å². The van der Waals surface area contributed by atoms with Crippen molar-refractivity contribution in [2.24, 2.45) is 11.8 Å². The zero-order chi connectivity index (χ0) is 15.2.